The van der Waals surface area contributed by atoms with E-state index in [0.29, 0.717) is 18.2 Å². The first-order valence-corrected chi connectivity index (χ1v) is 6.70. The van der Waals surface area contributed by atoms with Gasteiger partial charge >= 0.3 is 0 Å². The van der Waals surface area contributed by atoms with Crippen LogP contribution in [0.25, 0.3) is 0 Å². The topological polar surface area (TPSA) is 98.8 Å². The molecule has 1 aliphatic rings. The molecular weight excluding hydrogens is 270 g/mol. The van der Waals surface area contributed by atoms with E-state index in [-0.39, 0.29) is 11.9 Å². The Kier molecular flexibility index (Phi) is 3.20. The van der Waals surface area contributed by atoms with Gasteiger partial charge in [-0.2, -0.15) is 10.1 Å². The molecule has 0 saturated heterocycles. The van der Waals surface area contributed by atoms with Gasteiger partial charge < -0.3 is 15.5 Å². The molecule has 8 heteroatoms. The first-order valence-electron chi connectivity index (χ1n) is 6.70. The smallest absolute Gasteiger partial charge is 0.246 e. The van der Waals surface area contributed by atoms with E-state index < -0.39 is 0 Å². The predicted octanol–water partition coefficient (Wildman–Crippen LogP) is 0.897. The van der Waals surface area contributed by atoms with E-state index in [9.17, 15) is 4.79 Å². The number of hydrogen-bond donors (Lipinski definition) is 3. The fourth-order valence-corrected chi connectivity index (χ4v) is 2.18. The predicted molar refractivity (Wildman–Crippen MR) is 79.2 cm³/mol. The largest absolute Gasteiger partial charge is 0.350 e. The van der Waals surface area contributed by atoms with Gasteiger partial charge in [-0.3, -0.25) is 9.89 Å². The summed E-state index contributed by atoms with van der Waals surface area (Å²) >= 11 is 0. The van der Waals surface area contributed by atoms with Gasteiger partial charge in [-0.1, -0.05) is 0 Å². The Morgan fingerprint density at radius 3 is 2.95 bits per heavy atom. The lowest BCUT2D eigenvalue weighted by Crippen LogP contribution is -2.44. The molecule has 2 aromatic rings. The van der Waals surface area contributed by atoms with Crippen molar-refractivity contribution in [2.24, 2.45) is 0 Å². The molecule has 3 heterocycles. The molecule has 0 unspecified atom stereocenters. The summed E-state index contributed by atoms with van der Waals surface area (Å²) in [5.41, 5.74) is 2.43. The van der Waals surface area contributed by atoms with Crippen LogP contribution in [-0.4, -0.2) is 39.2 Å². The highest BCUT2D eigenvalue weighted by molar-refractivity contribution is 6.03. The first kappa shape index (κ1) is 13.3. The Labute approximate surface area is 122 Å². The van der Waals surface area contributed by atoms with Crippen molar-refractivity contribution in [2.45, 2.75) is 26.4 Å². The maximum Gasteiger partial charge on any atom is 0.246 e. The minimum atomic E-state index is -0.256. The van der Waals surface area contributed by atoms with Crippen LogP contribution in [0.1, 0.15) is 18.2 Å². The highest BCUT2D eigenvalue weighted by Crippen LogP contribution is 2.31. The molecule has 110 valence electrons. The van der Waals surface area contributed by atoms with Gasteiger partial charge in [0.15, 0.2) is 5.82 Å². The summed E-state index contributed by atoms with van der Waals surface area (Å²) in [6.07, 6.45) is 3.55. The van der Waals surface area contributed by atoms with E-state index in [2.05, 4.69) is 30.8 Å². The molecule has 3 rings (SSSR count). The highest BCUT2D eigenvalue weighted by atomic mass is 16.2. The lowest BCUT2D eigenvalue weighted by atomic mass is 10.2. The summed E-state index contributed by atoms with van der Waals surface area (Å²) in [4.78, 5) is 22.6. The number of anilines is 3. The van der Waals surface area contributed by atoms with E-state index in [4.69, 9.17) is 0 Å². The standard InChI is InChI=1S/C13H17N7O/c1-7-10-11(20(3)8(2)12(21)18-10)19-13(17-7)14-4-9-5-15-16-6-9/h5-6,8H,4H2,1-3H3,(H,15,16)(H,18,21)(H,14,17,19)/t8-/m0/s1. The molecule has 3 N–H and O–H groups in total. The Bertz CT molecular complexity index is 667. The van der Waals surface area contributed by atoms with Crippen molar-refractivity contribution in [3.63, 3.8) is 0 Å². The number of nitrogens with one attached hydrogen (secondary N) is 3. The van der Waals surface area contributed by atoms with Crippen LogP contribution in [0.2, 0.25) is 0 Å². The van der Waals surface area contributed by atoms with E-state index >= 15 is 0 Å². The second-order valence-corrected chi connectivity index (χ2v) is 5.07. The van der Waals surface area contributed by atoms with E-state index in [1.165, 1.54) is 0 Å². The molecule has 0 fully saturated rings. The molecule has 0 spiro atoms. The summed E-state index contributed by atoms with van der Waals surface area (Å²) in [5.74, 6) is 1.21. The van der Waals surface area contributed by atoms with Gasteiger partial charge in [-0.15, -0.1) is 0 Å². The average Bonchev–Trinajstić information content (AvgIpc) is 2.97. The van der Waals surface area contributed by atoms with Gasteiger partial charge in [0.05, 0.1) is 11.9 Å². The third-order valence-electron chi connectivity index (χ3n) is 3.62. The Hall–Kier alpha value is -2.64. The molecule has 0 bridgehead atoms. The zero-order chi connectivity index (χ0) is 15.0. The first-order chi connectivity index (χ1) is 10.1. The quantitative estimate of drug-likeness (QED) is 0.775. The van der Waals surface area contributed by atoms with Crippen molar-refractivity contribution in [3.05, 3.63) is 23.7 Å². The lowest BCUT2D eigenvalue weighted by molar-refractivity contribution is -0.117. The van der Waals surface area contributed by atoms with Crippen molar-refractivity contribution < 1.29 is 4.79 Å². The average molecular weight is 287 g/mol. The van der Waals surface area contributed by atoms with Crippen molar-refractivity contribution in [1.82, 2.24) is 20.2 Å². The Morgan fingerprint density at radius 1 is 1.43 bits per heavy atom. The van der Waals surface area contributed by atoms with E-state index in [1.54, 1.807) is 6.20 Å². The zero-order valence-electron chi connectivity index (χ0n) is 12.1. The summed E-state index contributed by atoms with van der Waals surface area (Å²) in [6, 6.07) is -0.256. The minimum absolute atomic E-state index is 0.0455. The molecule has 1 aliphatic heterocycles. The molecule has 21 heavy (non-hydrogen) atoms. The summed E-state index contributed by atoms with van der Waals surface area (Å²) < 4.78 is 0. The van der Waals surface area contributed by atoms with Crippen molar-refractivity contribution >= 4 is 23.4 Å². The van der Waals surface area contributed by atoms with Gasteiger partial charge in [-0.25, -0.2) is 4.98 Å². The second-order valence-electron chi connectivity index (χ2n) is 5.07. The van der Waals surface area contributed by atoms with Crippen LogP contribution in [0.4, 0.5) is 17.5 Å². The normalized spacial score (nSPS) is 17.4. The molecule has 2 aromatic heterocycles. The van der Waals surface area contributed by atoms with Crippen molar-refractivity contribution in [3.8, 4) is 0 Å². The van der Waals surface area contributed by atoms with Gasteiger partial charge in [0.1, 0.15) is 11.7 Å². The van der Waals surface area contributed by atoms with Crippen LogP contribution in [0.15, 0.2) is 12.4 Å². The number of aromatic amines is 1. The van der Waals surface area contributed by atoms with Crippen LogP contribution in [0.5, 0.6) is 0 Å². The number of aryl methyl sites for hydroxylation is 1. The number of likely N-dealkylation sites (N-methyl/N-ethyl adjacent to an activating group) is 1. The lowest BCUT2D eigenvalue weighted by Gasteiger charge is -2.32. The Morgan fingerprint density at radius 2 is 2.24 bits per heavy atom. The minimum Gasteiger partial charge on any atom is -0.350 e. The molecule has 0 saturated carbocycles. The number of carbonyl (C=O) groups is 1. The summed E-state index contributed by atoms with van der Waals surface area (Å²) in [7, 11) is 1.86. The van der Waals surface area contributed by atoms with Crippen LogP contribution in [0, 0.1) is 6.92 Å². The van der Waals surface area contributed by atoms with Gasteiger partial charge in [0.2, 0.25) is 11.9 Å². The molecule has 8 nitrogen and oxygen atoms in total. The number of nitrogens with zero attached hydrogens (tertiary/aromatic N) is 4. The number of amides is 1. The number of hydrogen-bond acceptors (Lipinski definition) is 6. The van der Waals surface area contributed by atoms with Crippen molar-refractivity contribution in [1.29, 1.82) is 0 Å². The molecule has 1 atom stereocenters. The van der Waals surface area contributed by atoms with Crippen LogP contribution in [0.3, 0.4) is 0 Å². The maximum absolute atomic E-state index is 11.9. The Balaban J connectivity index is 1.88. The van der Waals surface area contributed by atoms with Crippen LogP contribution >= 0.6 is 0 Å². The summed E-state index contributed by atoms with van der Waals surface area (Å²) in [6.45, 7) is 4.28. The van der Waals surface area contributed by atoms with Crippen molar-refractivity contribution in [2.75, 3.05) is 22.6 Å². The van der Waals surface area contributed by atoms with E-state index in [1.807, 2.05) is 32.0 Å². The number of aromatic nitrogens is 4. The summed E-state index contributed by atoms with van der Waals surface area (Å²) in [5, 5.41) is 12.7. The van der Waals surface area contributed by atoms with Gasteiger partial charge in [-0.05, 0) is 13.8 Å². The number of rotatable bonds is 3. The molecule has 0 aliphatic carbocycles. The molecule has 1 amide bonds. The second kappa shape index (κ2) is 5.04. The zero-order valence-corrected chi connectivity index (χ0v) is 12.1. The number of fused-ring (bicyclic) bond motifs is 1. The third-order valence-corrected chi connectivity index (χ3v) is 3.62. The van der Waals surface area contributed by atoms with Crippen LogP contribution in [-0.2, 0) is 11.3 Å². The van der Waals surface area contributed by atoms with E-state index in [0.717, 1.165) is 17.1 Å². The van der Waals surface area contributed by atoms with Gasteiger partial charge in [0.25, 0.3) is 0 Å². The fourth-order valence-electron chi connectivity index (χ4n) is 2.18. The monoisotopic (exact) mass is 287 g/mol. The SMILES string of the molecule is Cc1nc(NCc2cn[nH]c2)nc2c1NC(=O)[C@H](C)N2C. The number of H-pyrrole nitrogens is 1. The highest BCUT2D eigenvalue weighted by Gasteiger charge is 2.30. The molecule has 0 aromatic carbocycles. The maximum atomic E-state index is 11.9. The third kappa shape index (κ3) is 2.39. The number of carbonyl (C=O) groups excluding carboxylic acids is 1. The molecular formula is C13H17N7O. The molecule has 0 radical (unpaired) electrons. The van der Waals surface area contributed by atoms with Crippen LogP contribution < -0.4 is 15.5 Å². The van der Waals surface area contributed by atoms with Gasteiger partial charge in [0, 0.05) is 25.4 Å². The fraction of sp³-hybridized carbons (Fsp3) is 0.385.